The monoisotopic (exact) mass is 363 g/mol. The number of benzene rings is 2. The van der Waals surface area contributed by atoms with Gasteiger partial charge in [-0.3, -0.25) is 9.59 Å². The van der Waals surface area contributed by atoms with Crippen molar-refractivity contribution in [3.8, 4) is 0 Å². The lowest BCUT2D eigenvalue weighted by Crippen LogP contribution is -2.29. The van der Waals surface area contributed by atoms with Gasteiger partial charge < -0.3 is 15.5 Å². The number of piperidine rings is 1. The molecule has 1 fully saturated rings. The van der Waals surface area contributed by atoms with Gasteiger partial charge in [0.05, 0.1) is 0 Å². The number of nitrogens with zero attached hydrogens (tertiary/aromatic N) is 1. The van der Waals surface area contributed by atoms with E-state index in [0.717, 1.165) is 42.9 Å². The Bertz CT molecular complexity index is 839. The highest BCUT2D eigenvalue weighted by molar-refractivity contribution is 6.05. The molecule has 0 unspecified atom stereocenters. The van der Waals surface area contributed by atoms with Crippen molar-refractivity contribution in [1.29, 1.82) is 0 Å². The van der Waals surface area contributed by atoms with Gasteiger partial charge in [-0.15, -0.1) is 0 Å². The molecule has 2 aromatic rings. The summed E-state index contributed by atoms with van der Waals surface area (Å²) >= 11 is 0. The van der Waals surface area contributed by atoms with Crippen LogP contribution in [0.2, 0.25) is 0 Å². The van der Waals surface area contributed by atoms with Crippen molar-refractivity contribution >= 4 is 28.9 Å². The molecule has 2 aliphatic heterocycles. The second-order valence-electron chi connectivity index (χ2n) is 7.32. The van der Waals surface area contributed by atoms with Gasteiger partial charge in [0, 0.05) is 42.1 Å². The molecule has 4 rings (SSSR count). The second kappa shape index (κ2) is 7.82. The van der Waals surface area contributed by atoms with Crippen LogP contribution >= 0.6 is 0 Å². The molecular formula is C22H25N3O2. The maximum atomic E-state index is 12.6. The minimum Gasteiger partial charge on any atom is -0.372 e. The number of carbonyl (C=O) groups is 2. The second-order valence-corrected chi connectivity index (χ2v) is 7.32. The van der Waals surface area contributed by atoms with Gasteiger partial charge in [-0.1, -0.05) is 0 Å². The molecule has 0 radical (unpaired) electrons. The number of fused-ring (bicyclic) bond motifs is 1. The van der Waals surface area contributed by atoms with E-state index < -0.39 is 0 Å². The first-order chi connectivity index (χ1) is 13.2. The Kier molecular flexibility index (Phi) is 5.10. The third-order valence-corrected chi connectivity index (χ3v) is 5.34. The molecule has 2 N–H and O–H groups in total. The van der Waals surface area contributed by atoms with Crippen LogP contribution in [0.25, 0.3) is 0 Å². The molecule has 27 heavy (non-hydrogen) atoms. The highest BCUT2D eigenvalue weighted by Gasteiger charge is 2.16. The first kappa shape index (κ1) is 17.6. The van der Waals surface area contributed by atoms with Gasteiger partial charge in [-0.2, -0.15) is 0 Å². The zero-order valence-electron chi connectivity index (χ0n) is 15.5. The summed E-state index contributed by atoms with van der Waals surface area (Å²) in [5.74, 6) is -0.0844. The van der Waals surface area contributed by atoms with Crippen molar-refractivity contribution in [2.75, 3.05) is 28.6 Å². The standard InChI is InChI=1S/C22H25N3O2/c26-21-6-4-5-16-15-17(7-12-20(16)24-21)22(27)23-18-8-10-19(11-9-18)25-13-2-1-3-14-25/h7-12,15H,1-6,13-14H2,(H,23,27)(H,24,26). The molecule has 2 heterocycles. The fourth-order valence-electron chi connectivity index (χ4n) is 3.83. The first-order valence-electron chi connectivity index (χ1n) is 9.78. The molecule has 5 nitrogen and oxygen atoms in total. The molecule has 0 atom stereocenters. The van der Waals surface area contributed by atoms with Crippen LogP contribution in [0, 0.1) is 0 Å². The number of hydrogen-bond donors (Lipinski definition) is 2. The highest BCUT2D eigenvalue weighted by Crippen LogP contribution is 2.25. The lowest BCUT2D eigenvalue weighted by atomic mass is 10.0. The van der Waals surface area contributed by atoms with E-state index in [4.69, 9.17) is 0 Å². The van der Waals surface area contributed by atoms with E-state index in [1.165, 1.54) is 24.9 Å². The molecule has 5 heteroatoms. The van der Waals surface area contributed by atoms with Gasteiger partial charge in [-0.05, 0) is 80.1 Å². The molecule has 140 valence electrons. The molecule has 2 amide bonds. The minimum absolute atomic E-state index is 0.0414. The predicted molar refractivity (Wildman–Crippen MR) is 108 cm³/mol. The van der Waals surface area contributed by atoms with Gasteiger partial charge in [-0.25, -0.2) is 0 Å². The van der Waals surface area contributed by atoms with E-state index in [1.807, 2.05) is 24.3 Å². The molecule has 0 aliphatic carbocycles. The number of carbonyl (C=O) groups excluding carboxylic acids is 2. The Morgan fingerprint density at radius 2 is 1.70 bits per heavy atom. The van der Waals surface area contributed by atoms with Crippen LogP contribution in [0.3, 0.4) is 0 Å². The Morgan fingerprint density at radius 1 is 0.926 bits per heavy atom. The van der Waals surface area contributed by atoms with Gasteiger partial charge in [0.2, 0.25) is 5.91 Å². The summed E-state index contributed by atoms with van der Waals surface area (Å²) in [5.41, 5.74) is 4.47. The number of aryl methyl sites for hydroxylation is 1. The summed E-state index contributed by atoms with van der Waals surface area (Å²) in [6, 6.07) is 13.6. The predicted octanol–water partition coefficient (Wildman–Crippen LogP) is 4.20. The van der Waals surface area contributed by atoms with Crippen LogP contribution in [-0.4, -0.2) is 24.9 Å². The molecule has 0 bridgehead atoms. The van der Waals surface area contributed by atoms with Gasteiger partial charge in [0.25, 0.3) is 5.91 Å². The lowest BCUT2D eigenvalue weighted by Gasteiger charge is -2.28. The normalized spacial score (nSPS) is 16.9. The summed E-state index contributed by atoms with van der Waals surface area (Å²) in [4.78, 5) is 26.7. The van der Waals surface area contributed by atoms with Crippen LogP contribution < -0.4 is 15.5 Å². The summed E-state index contributed by atoms with van der Waals surface area (Å²) in [6.45, 7) is 2.22. The third-order valence-electron chi connectivity index (χ3n) is 5.34. The SMILES string of the molecule is O=C1CCCc2cc(C(=O)Nc3ccc(N4CCCCC4)cc3)ccc2N1. The van der Waals surface area contributed by atoms with Crippen LogP contribution in [0.5, 0.6) is 0 Å². The number of rotatable bonds is 3. The van der Waals surface area contributed by atoms with Crippen molar-refractivity contribution < 1.29 is 9.59 Å². The number of hydrogen-bond acceptors (Lipinski definition) is 3. The Labute approximate surface area is 159 Å². The zero-order valence-corrected chi connectivity index (χ0v) is 15.5. The molecule has 0 aromatic heterocycles. The molecule has 1 saturated heterocycles. The van der Waals surface area contributed by atoms with Crippen molar-refractivity contribution in [3.63, 3.8) is 0 Å². The summed E-state index contributed by atoms with van der Waals surface area (Å²) in [7, 11) is 0. The number of anilines is 3. The summed E-state index contributed by atoms with van der Waals surface area (Å²) in [5, 5.41) is 5.88. The van der Waals surface area contributed by atoms with Gasteiger partial charge >= 0.3 is 0 Å². The lowest BCUT2D eigenvalue weighted by molar-refractivity contribution is -0.116. The number of amides is 2. The third kappa shape index (κ3) is 4.13. The number of nitrogens with one attached hydrogen (secondary N) is 2. The van der Waals surface area contributed by atoms with Crippen molar-refractivity contribution in [2.24, 2.45) is 0 Å². The smallest absolute Gasteiger partial charge is 0.255 e. The van der Waals surface area contributed by atoms with Gasteiger partial charge in [0.15, 0.2) is 0 Å². The van der Waals surface area contributed by atoms with E-state index in [9.17, 15) is 9.59 Å². The van der Waals surface area contributed by atoms with Crippen LogP contribution in [0.1, 0.15) is 48.0 Å². The molecule has 2 aromatic carbocycles. The average molecular weight is 363 g/mol. The molecular weight excluding hydrogens is 338 g/mol. The Morgan fingerprint density at radius 3 is 2.48 bits per heavy atom. The van der Waals surface area contributed by atoms with Crippen LogP contribution in [0.15, 0.2) is 42.5 Å². The topological polar surface area (TPSA) is 61.4 Å². The fraction of sp³-hybridized carbons (Fsp3) is 0.364. The maximum Gasteiger partial charge on any atom is 0.255 e. The summed E-state index contributed by atoms with van der Waals surface area (Å²) < 4.78 is 0. The molecule has 0 spiro atoms. The van der Waals surface area contributed by atoms with Crippen molar-refractivity contribution in [3.05, 3.63) is 53.6 Å². The van der Waals surface area contributed by atoms with E-state index in [0.29, 0.717) is 12.0 Å². The van der Waals surface area contributed by atoms with E-state index in [-0.39, 0.29) is 11.8 Å². The van der Waals surface area contributed by atoms with Crippen molar-refractivity contribution in [1.82, 2.24) is 0 Å². The molecule has 0 saturated carbocycles. The Hall–Kier alpha value is -2.82. The fourth-order valence-corrected chi connectivity index (χ4v) is 3.83. The van der Waals surface area contributed by atoms with Crippen LogP contribution in [-0.2, 0) is 11.2 Å². The van der Waals surface area contributed by atoms with E-state index in [1.54, 1.807) is 6.07 Å². The largest absolute Gasteiger partial charge is 0.372 e. The average Bonchev–Trinajstić information content (AvgIpc) is 2.89. The quantitative estimate of drug-likeness (QED) is 0.859. The maximum absolute atomic E-state index is 12.6. The van der Waals surface area contributed by atoms with E-state index >= 15 is 0 Å². The van der Waals surface area contributed by atoms with E-state index in [2.05, 4.69) is 27.7 Å². The first-order valence-corrected chi connectivity index (χ1v) is 9.78. The van der Waals surface area contributed by atoms with Gasteiger partial charge in [0.1, 0.15) is 0 Å². The van der Waals surface area contributed by atoms with Crippen molar-refractivity contribution in [2.45, 2.75) is 38.5 Å². The summed E-state index contributed by atoms with van der Waals surface area (Å²) in [6.07, 6.45) is 5.95. The molecule has 2 aliphatic rings. The minimum atomic E-state index is -0.126. The van der Waals surface area contributed by atoms with Crippen LogP contribution in [0.4, 0.5) is 17.1 Å². The highest BCUT2D eigenvalue weighted by atomic mass is 16.2. The zero-order chi connectivity index (χ0) is 18.6. The Balaban J connectivity index is 1.44.